The van der Waals surface area contributed by atoms with Crippen LogP contribution in [0.3, 0.4) is 0 Å². The molecule has 0 bridgehead atoms. The summed E-state index contributed by atoms with van der Waals surface area (Å²) in [5.74, 6) is -0.721. The van der Waals surface area contributed by atoms with Gasteiger partial charge in [-0.3, -0.25) is 0 Å². The van der Waals surface area contributed by atoms with E-state index in [0.29, 0.717) is 17.8 Å². The zero-order chi connectivity index (χ0) is 24.4. The summed E-state index contributed by atoms with van der Waals surface area (Å²) in [4.78, 5) is 0. The number of aryl methyl sites for hydroxylation is 1. The maximum Gasteiger partial charge on any atom is 0.127 e. The summed E-state index contributed by atoms with van der Waals surface area (Å²) in [6.45, 7) is 2.80. The lowest BCUT2D eigenvalue weighted by Gasteiger charge is -2.21. The Morgan fingerprint density at radius 1 is 1.03 bits per heavy atom. The summed E-state index contributed by atoms with van der Waals surface area (Å²) in [7, 11) is 0. The second kappa shape index (κ2) is 9.30. The number of nitrogens with zero attached hydrogens (tertiary/aromatic N) is 5. The summed E-state index contributed by atoms with van der Waals surface area (Å²) < 4.78 is 2.19. The van der Waals surface area contributed by atoms with Gasteiger partial charge < -0.3 is 10.3 Å². The van der Waals surface area contributed by atoms with Gasteiger partial charge in [-0.15, -0.1) is 0 Å². The van der Waals surface area contributed by atoms with Crippen LogP contribution in [0.25, 0.3) is 17.0 Å². The van der Waals surface area contributed by atoms with Crippen molar-refractivity contribution in [1.29, 1.82) is 10.5 Å². The Hall–Kier alpha value is -4.65. The molecule has 1 aliphatic rings. The molecule has 0 saturated carbocycles. The van der Waals surface area contributed by atoms with Crippen molar-refractivity contribution < 1.29 is 0 Å². The van der Waals surface area contributed by atoms with Crippen LogP contribution in [0.2, 0.25) is 0 Å². The molecule has 6 heteroatoms. The molecule has 0 amide bonds. The van der Waals surface area contributed by atoms with Gasteiger partial charge in [-0.25, -0.2) is 5.01 Å². The Morgan fingerprint density at radius 3 is 2.54 bits per heavy atom. The molecule has 6 nitrogen and oxygen atoms in total. The van der Waals surface area contributed by atoms with E-state index in [9.17, 15) is 10.5 Å². The Balaban J connectivity index is 1.57. The SMILES string of the molecule is Cc1cccc(Cn2cc(/C=C(/C#N)C3=NN(c4ccccc4)[C@H](N)[C@@H]3C#N)c3ccccc32)c1. The fraction of sp³-hybridized carbons (Fsp3) is 0.138. The minimum Gasteiger partial charge on any atom is -0.342 e. The number of anilines is 1. The van der Waals surface area contributed by atoms with E-state index in [-0.39, 0.29) is 0 Å². The van der Waals surface area contributed by atoms with Crippen LogP contribution >= 0.6 is 0 Å². The summed E-state index contributed by atoms with van der Waals surface area (Å²) >= 11 is 0. The Kier molecular flexibility index (Phi) is 5.89. The fourth-order valence-corrected chi connectivity index (χ4v) is 4.56. The number of fused-ring (bicyclic) bond motifs is 1. The van der Waals surface area contributed by atoms with Crippen LogP contribution in [0.15, 0.2) is 95.7 Å². The van der Waals surface area contributed by atoms with E-state index < -0.39 is 12.1 Å². The number of para-hydroxylation sites is 2. The van der Waals surface area contributed by atoms with Gasteiger partial charge in [-0.1, -0.05) is 66.2 Å². The number of nitriles is 2. The van der Waals surface area contributed by atoms with E-state index in [2.05, 4.69) is 65.3 Å². The van der Waals surface area contributed by atoms with E-state index >= 15 is 0 Å². The van der Waals surface area contributed by atoms with Gasteiger partial charge in [-0.05, 0) is 36.8 Å². The first-order valence-electron chi connectivity index (χ1n) is 11.4. The van der Waals surface area contributed by atoms with Gasteiger partial charge in [0.1, 0.15) is 18.2 Å². The van der Waals surface area contributed by atoms with Gasteiger partial charge in [-0.2, -0.15) is 15.6 Å². The first kappa shape index (κ1) is 22.2. The second-order valence-electron chi connectivity index (χ2n) is 8.65. The number of allylic oxidation sites excluding steroid dienone is 1. The maximum absolute atomic E-state index is 10.1. The van der Waals surface area contributed by atoms with Crippen LogP contribution in [0.1, 0.15) is 16.7 Å². The van der Waals surface area contributed by atoms with Crippen LogP contribution in [0.4, 0.5) is 5.69 Å². The number of rotatable bonds is 5. The summed E-state index contributed by atoms with van der Waals surface area (Å²) in [5.41, 5.74) is 12.3. The van der Waals surface area contributed by atoms with Crippen LogP contribution in [-0.2, 0) is 6.54 Å². The van der Waals surface area contributed by atoms with Crippen LogP contribution < -0.4 is 10.7 Å². The molecular weight excluding hydrogens is 432 g/mol. The zero-order valence-corrected chi connectivity index (χ0v) is 19.3. The van der Waals surface area contributed by atoms with Gasteiger partial charge in [0.25, 0.3) is 0 Å². The third-order valence-electron chi connectivity index (χ3n) is 6.24. The molecule has 35 heavy (non-hydrogen) atoms. The van der Waals surface area contributed by atoms with Crippen molar-refractivity contribution in [3.63, 3.8) is 0 Å². The summed E-state index contributed by atoms with van der Waals surface area (Å²) in [6.07, 6.45) is 3.20. The lowest BCUT2D eigenvalue weighted by molar-refractivity contribution is 0.624. The lowest BCUT2D eigenvalue weighted by atomic mass is 9.95. The van der Waals surface area contributed by atoms with Crippen LogP contribution in [-0.4, -0.2) is 16.4 Å². The van der Waals surface area contributed by atoms with Crippen molar-refractivity contribution in [3.05, 3.63) is 107 Å². The number of nitrogens with two attached hydrogens (primary N) is 1. The number of aromatic nitrogens is 1. The van der Waals surface area contributed by atoms with Crippen molar-refractivity contribution >= 4 is 28.4 Å². The molecule has 0 aliphatic carbocycles. The van der Waals surface area contributed by atoms with Crippen molar-refractivity contribution in [3.8, 4) is 12.1 Å². The van der Waals surface area contributed by atoms with Crippen molar-refractivity contribution in [1.82, 2.24) is 4.57 Å². The molecule has 4 aromatic rings. The topological polar surface area (TPSA) is 94.1 Å². The first-order chi connectivity index (χ1) is 17.1. The molecule has 1 aliphatic heterocycles. The zero-order valence-electron chi connectivity index (χ0n) is 19.3. The smallest absolute Gasteiger partial charge is 0.127 e. The predicted octanol–water partition coefficient (Wildman–Crippen LogP) is 5.21. The molecule has 0 fully saturated rings. The summed E-state index contributed by atoms with van der Waals surface area (Å²) in [6, 6.07) is 30.5. The van der Waals surface area contributed by atoms with Gasteiger partial charge in [0.2, 0.25) is 0 Å². The monoisotopic (exact) mass is 456 g/mol. The molecule has 5 rings (SSSR count). The number of hydrogen-bond acceptors (Lipinski definition) is 5. The molecule has 2 N–H and O–H groups in total. The molecule has 3 aromatic carbocycles. The molecule has 1 aromatic heterocycles. The quantitative estimate of drug-likeness (QED) is 0.417. The van der Waals surface area contributed by atoms with Gasteiger partial charge >= 0.3 is 0 Å². The van der Waals surface area contributed by atoms with E-state index in [1.165, 1.54) is 11.1 Å². The van der Waals surface area contributed by atoms with Crippen LogP contribution in [0.5, 0.6) is 0 Å². The normalized spacial score (nSPS) is 17.8. The highest BCUT2D eigenvalue weighted by Gasteiger charge is 2.37. The van der Waals surface area contributed by atoms with Gasteiger partial charge in [0.05, 0.1) is 23.0 Å². The molecule has 0 radical (unpaired) electrons. The third kappa shape index (κ3) is 4.19. The standard InChI is InChI=1S/C29H24N6/c1-20-8-7-9-21(14-20)18-34-19-23(25-12-5-6-13-27(25)34)15-22(16-30)28-26(17-31)29(32)35(33-28)24-10-3-2-4-11-24/h2-15,19,26,29H,18,32H2,1H3/b22-15-/t26-,29+/m1/s1. The van der Waals surface area contributed by atoms with Crippen molar-refractivity contribution in [2.75, 3.05) is 5.01 Å². The van der Waals surface area contributed by atoms with Crippen molar-refractivity contribution in [2.45, 2.75) is 19.6 Å². The number of benzene rings is 3. The van der Waals surface area contributed by atoms with Gasteiger partial charge in [0, 0.05) is 29.2 Å². The Bertz CT molecular complexity index is 1530. The van der Waals surface area contributed by atoms with E-state index in [1.807, 2.05) is 54.6 Å². The fourth-order valence-electron chi connectivity index (χ4n) is 4.56. The average Bonchev–Trinajstić information content (AvgIpc) is 3.40. The second-order valence-corrected chi connectivity index (χ2v) is 8.65. The molecule has 0 spiro atoms. The van der Waals surface area contributed by atoms with E-state index in [0.717, 1.165) is 22.2 Å². The largest absolute Gasteiger partial charge is 0.342 e. The molecule has 2 heterocycles. The maximum atomic E-state index is 10.1. The molecule has 0 saturated heterocycles. The average molecular weight is 457 g/mol. The Morgan fingerprint density at radius 2 is 1.80 bits per heavy atom. The highest BCUT2D eigenvalue weighted by Crippen LogP contribution is 2.30. The number of hydrogen-bond donors (Lipinski definition) is 1. The number of hydrazone groups is 1. The third-order valence-corrected chi connectivity index (χ3v) is 6.24. The molecule has 170 valence electrons. The van der Waals surface area contributed by atoms with Gasteiger partial charge in [0.15, 0.2) is 0 Å². The first-order valence-corrected chi connectivity index (χ1v) is 11.4. The predicted molar refractivity (Wildman–Crippen MR) is 139 cm³/mol. The van der Waals surface area contributed by atoms with E-state index in [4.69, 9.17) is 5.73 Å². The minimum absolute atomic E-state index is 0.337. The highest BCUT2D eigenvalue weighted by atomic mass is 15.5. The van der Waals surface area contributed by atoms with E-state index in [1.54, 1.807) is 5.01 Å². The summed E-state index contributed by atoms with van der Waals surface area (Å²) in [5, 5.41) is 27.2. The van der Waals surface area contributed by atoms with Crippen LogP contribution in [0, 0.1) is 35.5 Å². The minimum atomic E-state index is -0.721. The highest BCUT2D eigenvalue weighted by molar-refractivity contribution is 6.12. The van der Waals surface area contributed by atoms with Crippen molar-refractivity contribution in [2.24, 2.45) is 16.8 Å². The molecular formula is C29H24N6. The lowest BCUT2D eigenvalue weighted by Crippen LogP contribution is -2.40. The molecule has 2 atom stereocenters. The Labute approximate surface area is 204 Å². The molecule has 0 unspecified atom stereocenters.